The molecule has 1 rings (SSSR count). The minimum absolute atomic E-state index is 0.104. The molecular formula is C8H8F3NO4S. The molecule has 0 fully saturated rings. The molecule has 0 amide bonds. The zero-order valence-corrected chi connectivity index (χ0v) is 9.05. The van der Waals surface area contributed by atoms with Crippen molar-refractivity contribution in [3.63, 3.8) is 0 Å². The fourth-order valence-electron chi connectivity index (χ4n) is 0.888. The van der Waals surface area contributed by atoms with Gasteiger partial charge in [0.05, 0.1) is 5.69 Å². The van der Waals surface area contributed by atoms with Gasteiger partial charge in [-0.25, -0.2) is 4.18 Å². The van der Waals surface area contributed by atoms with E-state index in [1.165, 1.54) is 18.2 Å². The maximum absolute atomic E-state index is 11.7. The van der Waals surface area contributed by atoms with Gasteiger partial charge in [-0.2, -0.15) is 21.6 Å². The predicted molar refractivity (Wildman–Crippen MR) is 52.7 cm³/mol. The van der Waals surface area contributed by atoms with Gasteiger partial charge in [-0.05, 0) is 12.1 Å². The molecule has 9 heteroatoms. The Morgan fingerprint density at radius 3 is 2.53 bits per heavy atom. The van der Waals surface area contributed by atoms with Crippen LogP contribution in [0.15, 0.2) is 24.3 Å². The molecule has 0 bridgehead atoms. The third kappa shape index (κ3) is 5.41. The lowest BCUT2D eigenvalue weighted by molar-refractivity contribution is -0.152. The lowest BCUT2D eigenvalue weighted by atomic mass is 10.3. The van der Waals surface area contributed by atoms with Crippen LogP contribution in [0.2, 0.25) is 0 Å². The number of phenols is 1. The van der Waals surface area contributed by atoms with Crippen LogP contribution in [0.25, 0.3) is 0 Å². The highest BCUT2D eigenvalue weighted by Gasteiger charge is 2.30. The Kier molecular flexibility index (Phi) is 3.83. The fourth-order valence-corrected chi connectivity index (χ4v) is 1.65. The average Bonchev–Trinajstić information content (AvgIpc) is 2.13. The number of benzene rings is 1. The van der Waals surface area contributed by atoms with Crippen LogP contribution in [0, 0.1) is 0 Å². The molecule has 1 aromatic carbocycles. The summed E-state index contributed by atoms with van der Waals surface area (Å²) >= 11 is 0. The maximum Gasteiger partial charge on any atom is 0.413 e. The number of hydrogen-bond acceptors (Lipinski definition) is 4. The van der Waals surface area contributed by atoms with Crippen LogP contribution in [-0.4, -0.2) is 26.3 Å². The quantitative estimate of drug-likeness (QED) is 0.872. The first-order valence-electron chi connectivity index (χ1n) is 4.21. The highest BCUT2D eigenvalue weighted by Crippen LogP contribution is 2.19. The minimum atomic E-state index is -4.74. The molecule has 0 aliphatic rings. The Morgan fingerprint density at radius 1 is 1.35 bits per heavy atom. The van der Waals surface area contributed by atoms with Crippen molar-refractivity contribution in [2.24, 2.45) is 0 Å². The van der Waals surface area contributed by atoms with Crippen LogP contribution in [0.1, 0.15) is 0 Å². The van der Waals surface area contributed by atoms with E-state index in [1.54, 1.807) is 4.72 Å². The minimum Gasteiger partial charge on any atom is -0.508 e. The molecule has 1 aromatic rings. The van der Waals surface area contributed by atoms with Crippen LogP contribution < -0.4 is 4.72 Å². The Labute approximate surface area is 95.1 Å². The maximum atomic E-state index is 11.7. The van der Waals surface area contributed by atoms with Gasteiger partial charge >= 0.3 is 16.5 Å². The van der Waals surface area contributed by atoms with E-state index in [1.807, 2.05) is 0 Å². The molecule has 17 heavy (non-hydrogen) atoms. The summed E-state index contributed by atoms with van der Waals surface area (Å²) in [5, 5.41) is 9.01. The number of hydrogen-bond donors (Lipinski definition) is 2. The van der Waals surface area contributed by atoms with Crippen molar-refractivity contribution in [2.45, 2.75) is 6.18 Å². The number of halogens is 3. The first-order valence-corrected chi connectivity index (χ1v) is 5.62. The molecule has 5 nitrogen and oxygen atoms in total. The van der Waals surface area contributed by atoms with E-state index >= 15 is 0 Å². The molecule has 0 atom stereocenters. The Morgan fingerprint density at radius 2 is 2.00 bits per heavy atom. The summed E-state index contributed by atoms with van der Waals surface area (Å²) in [5.41, 5.74) is -0.104. The van der Waals surface area contributed by atoms with Crippen LogP contribution in [-0.2, 0) is 14.5 Å². The highest BCUT2D eigenvalue weighted by molar-refractivity contribution is 7.88. The number of alkyl halides is 3. The summed E-state index contributed by atoms with van der Waals surface area (Å²) < 4.78 is 62.7. The van der Waals surface area contributed by atoms with Crippen LogP contribution in [0.5, 0.6) is 5.75 Å². The van der Waals surface area contributed by atoms with E-state index in [9.17, 15) is 21.6 Å². The molecular weight excluding hydrogens is 263 g/mol. The molecule has 0 saturated carbocycles. The number of rotatable bonds is 4. The first kappa shape index (κ1) is 13.6. The highest BCUT2D eigenvalue weighted by atomic mass is 32.2. The number of aromatic hydroxyl groups is 1. The third-order valence-electron chi connectivity index (χ3n) is 1.47. The van der Waals surface area contributed by atoms with Gasteiger partial charge in [0.25, 0.3) is 0 Å². The van der Waals surface area contributed by atoms with Crippen molar-refractivity contribution in [3.8, 4) is 5.75 Å². The smallest absolute Gasteiger partial charge is 0.413 e. The van der Waals surface area contributed by atoms with Crippen LogP contribution in [0.4, 0.5) is 18.9 Å². The fraction of sp³-hybridized carbons (Fsp3) is 0.250. The summed E-state index contributed by atoms with van der Waals surface area (Å²) in [5.74, 6) is -0.235. The second-order valence-electron chi connectivity index (χ2n) is 2.98. The van der Waals surface area contributed by atoms with E-state index in [-0.39, 0.29) is 11.4 Å². The molecule has 0 heterocycles. The van der Waals surface area contributed by atoms with Crippen LogP contribution in [0.3, 0.4) is 0 Å². The van der Waals surface area contributed by atoms with Crippen molar-refractivity contribution in [2.75, 3.05) is 11.3 Å². The molecule has 0 aliphatic heterocycles. The number of phenolic OH excluding ortho intramolecular Hbond substituents is 1. The van der Waals surface area contributed by atoms with Gasteiger partial charge in [0.2, 0.25) is 0 Å². The normalized spacial score (nSPS) is 12.4. The molecule has 0 unspecified atom stereocenters. The lowest BCUT2D eigenvalue weighted by Crippen LogP contribution is -2.24. The number of anilines is 1. The van der Waals surface area contributed by atoms with Gasteiger partial charge in [0.15, 0.2) is 6.61 Å². The van der Waals surface area contributed by atoms with Gasteiger partial charge in [0, 0.05) is 6.07 Å². The lowest BCUT2D eigenvalue weighted by Gasteiger charge is -2.10. The largest absolute Gasteiger partial charge is 0.508 e. The van der Waals surface area contributed by atoms with Gasteiger partial charge in [-0.1, -0.05) is 6.07 Å². The van der Waals surface area contributed by atoms with Crippen molar-refractivity contribution < 1.29 is 30.9 Å². The monoisotopic (exact) mass is 271 g/mol. The zero-order valence-electron chi connectivity index (χ0n) is 8.23. The van der Waals surface area contributed by atoms with Crippen molar-refractivity contribution in [3.05, 3.63) is 24.3 Å². The third-order valence-corrected chi connectivity index (χ3v) is 2.38. The summed E-state index contributed by atoms with van der Waals surface area (Å²) in [4.78, 5) is 0. The second kappa shape index (κ2) is 4.80. The molecule has 2 N–H and O–H groups in total. The molecule has 0 radical (unpaired) electrons. The number of nitrogens with one attached hydrogen (secondary N) is 1. The summed E-state index contributed by atoms with van der Waals surface area (Å²) in [6.45, 7) is -1.92. The van der Waals surface area contributed by atoms with E-state index in [0.29, 0.717) is 0 Å². The Balaban J connectivity index is 2.67. The van der Waals surface area contributed by atoms with E-state index < -0.39 is 23.1 Å². The topological polar surface area (TPSA) is 75.6 Å². The SMILES string of the molecule is O=S(=O)(Nc1cccc(O)c1)OCC(F)(F)F. The average molecular weight is 271 g/mol. The van der Waals surface area contributed by atoms with Crippen LogP contribution >= 0.6 is 0 Å². The summed E-state index contributed by atoms with van der Waals surface area (Å²) in [7, 11) is -4.57. The summed E-state index contributed by atoms with van der Waals surface area (Å²) in [6, 6.07) is 4.86. The van der Waals surface area contributed by atoms with E-state index in [4.69, 9.17) is 5.11 Å². The van der Waals surface area contributed by atoms with Crippen molar-refractivity contribution >= 4 is 16.0 Å². The Hall–Kier alpha value is -1.48. The van der Waals surface area contributed by atoms with Gasteiger partial charge < -0.3 is 5.11 Å². The summed E-state index contributed by atoms with van der Waals surface area (Å²) in [6.07, 6.45) is -4.74. The Bertz CT molecular complexity index is 486. The molecule has 0 spiro atoms. The zero-order chi connectivity index (χ0) is 13.1. The standard InChI is InChI=1S/C8H8F3NO4S/c9-8(10,11)5-16-17(14,15)12-6-2-1-3-7(13)4-6/h1-4,12-13H,5H2. The molecule has 96 valence electrons. The van der Waals surface area contributed by atoms with Gasteiger partial charge in [-0.3, -0.25) is 4.72 Å². The molecule has 0 saturated heterocycles. The van der Waals surface area contributed by atoms with Gasteiger partial charge in [-0.15, -0.1) is 0 Å². The molecule has 0 aromatic heterocycles. The second-order valence-corrected chi connectivity index (χ2v) is 4.33. The van der Waals surface area contributed by atoms with E-state index in [0.717, 1.165) is 6.07 Å². The van der Waals surface area contributed by atoms with Crippen molar-refractivity contribution in [1.82, 2.24) is 0 Å². The van der Waals surface area contributed by atoms with Crippen molar-refractivity contribution in [1.29, 1.82) is 0 Å². The molecule has 0 aliphatic carbocycles. The predicted octanol–water partition coefficient (Wildman–Crippen LogP) is 1.63. The first-order chi connectivity index (χ1) is 7.68. The van der Waals surface area contributed by atoms with E-state index in [2.05, 4.69) is 4.18 Å². The van der Waals surface area contributed by atoms with Gasteiger partial charge in [0.1, 0.15) is 5.75 Å².